The van der Waals surface area contributed by atoms with Crippen LogP contribution in [0, 0.1) is 0 Å². The first-order valence-electron chi connectivity index (χ1n) is 5.67. The van der Waals surface area contributed by atoms with Crippen LogP contribution in [0.15, 0.2) is 0 Å². The molecule has 0 aromatic carbocycles. The summed E-state index contributed by atoms with van der Waals surface area (Å²) in [6.45, 7) is 0.552. The maximum absolute atomic E-state index is 12.5. The lowest BCUT2D eigenvalue weighted by Gasteiger charge is -2.19. The van der Waals surface area contributed by atoms with Crippen molar-refractivity contribution in [2.24, 2.45) is 0 Å². The van der Waals surface area contributed by atoms with Crippen LogP contribution < -0.4 is 5.32 Å². The highest BCUT2D eigenvalue weighted by atomic mass is 19.4. The van der Waals surface area contributed by atoms with Gasteiger partial charge in [-0.15, -0.1) is 0 Å². The minimum atomic E-state index is -5.93. The van der Waals surface area contributed by atoms with E-state index in [2.05, 4.69) is 0 Å². The molecule has 0 bridgehead atoms. The molecule has 1 N–H and O–H groups in total. The van der Waals surface area contributed by atoms with Crippen molar-refractivity contribution in [3.05, 3.63) is 0 Å². The molecule has 0 spiro atoms. The van der Waals surface area contributed by atoms with Gasteiger partial charge < -0.3 is 10.2 Å². The topological polar surface area (TPSA) is 49.4 Å². The molecular formula is C10H13F5N2O2. The average molecular weight is 288 g/mol. The summed E-state index contributed by atoms with van der Waals surface area (Å²) < 4.78 is 60.5. The summed E-state index contributed by atoms with van der Waals surface area (Å²) in [4.78, 5) is 23.6. The molecule has 0 radical (unpaired) electrons. The number of halogens is 5. The Morgan fingerprint density at radius 2 is 1.58 bits per heavy atom. The number of rotatable bonds is 4. The van der Waals surface area contributed by atoms with Crippen LogP contribution in [0.4, 0.5) is 22.0 Å². The van der Waals surface area contributed by atoms with Crippen molar-refractivity contribution in [2.45, 2.75) is 31.4 Å². The Kier molecular flexibility index (Phi) is 4.70. The van der Waals surface area contributed by atoms with E-state index in [-0.39, 0.29) is 12.3 Å². The third kappa shape index (κ3) is 3.77. The standard InChI is InChI=1S/C10H13F5N2O2/c11-9(12,10(13,14)15)8(19)16-4-3-7(18)17-5-1-2-6-17/h1-6H2,(H,16,19). The summed E-state index contributed by atoms with van der Waals surface area (Å²) in [5.74, 6) is -8.24. The van der Waals surface area contributed by atoms with Crippen molar-refractivity contribution in [1.82, 2.24) is 10.2 Å². The first kappa shape index (κ1) is 15.6. The van der Waals surface area contributed by atoms with Crippen LogP contribution >= 0.6 is 0 Å². The maximum atomic E-state index is 12.5. The molecule has 0 aromatic rings. The van der Waals surface area contributed by atoms with Crippen LogP contribution in [-0.2, 0) is 9.59 Å². The largest absolute Gasteiger partial charge is 0.463 e. The van der Waals surface area contributed by atoms with Crippen molar-refractivity contribution in [3.8, 4) is 0 Å². The number of likely N-dealkylation sites (tertiary alicyclic amines) is 1. The van der Waals surface area contributed by atoms with Crippen molar-refractivity contribution in [2.75, 3.05) is 19.6 Å². The smallest absolute Gasteiger partial charge is 0.350 e. The van der Waals surface area contributed by atoms with E-state index in [0.29, 0.717) is 13.1 Å². The van der Waals surface area contributed by atoms with E-state index in [1.165, 1.54) is 10.2 Å². The SMILES string of the molecule is O=C(CCNC(=O)C(F)(F)C(F)(F)F)N1CCCC1. The second-order valence-electron chi connectivity index (χ2n) is 4.17. The monoisotopic (exact) mass is 288 g/mol. The van der Waals surface area contributed by atoms with Crippen molar-refractivity contribution in [3.63, 3.8) is 0 Å². The van der Waals surface area contributed by atoms with E-state index >= 15 is 0 Å². The molecule has 1 aliphatic heterocycles. The van der Waals surface area contributed by atoms with Gasteiger partial charge in [-0.1, -0.05) is 0 Å². The number of hydrogen-bond acceptors (Lipinski definition) is 2. The molecule has 0 atom stereocenters. The van der Waals surface area contributed by atoms with E-state index in [9.17, 15) is 31.5 Å². The Labute approximate surface area is 105 Å². The molecule has 0 aromatic heterocycles. The zero-order valence-corrected chi connectivity index (χ0v) is 9.90. The number of carbonyl (C=O) groups is 2. The van der Waals surface area contributed by atoms with Gasteiger partial charge >= 0.3 is 12.1 Å². The fraction of sp³-hybridized carbons (Fsp3) is 0.800. The van der Waals surface area contributed by atoms with Crippen LogP contribution in [0.1, 0.15) is 19.3 Å². The molecule has 0 saturated carbocycles. The van der Waals surface area contributed by atoms with Crippen LogP contribution in [0.5, 0.6) is 0 Å². The van der Waals surface area contributed by atoms with Crippen molar-refractivity contribution < 1.29 is 31.5 Å². The fourth-order valence-electron chi connectivity index (χ4n) is 1.65. The lowest BCUT2D eigenvalue weighted by atomic mass is 10.3. The predicted octanol–water partition coefficient (Wildman–Crippen LogP) is 1.31. The molecule has 4 nitrogen and oxygen atoms in total. The van der Waals surface area contributed by atoms with E-state index < -0.39 is 24.6 Å². The minimum Gasteiger partial charge on any atom is -0.350 e. The normalized spacial score (nSPS) is 16.6. The summed E-state index contributed by atoms with van der Waals surface area (Å²) in [6, 6.07) is 0. The highest BCUT2D eigenvalue weighted by Gasteiger charge is 2.63. The number of nitrogens with zero attached hydrogens (tertiary/aromatic N) is 1. The second kappa shape index (κ2) is 5.70. The summed E-state index contributed by atoms with van der Waals surface area (Å²) >= 11 is 0. The van der Waals surface area contributed by atoms with Gasteiger partial charge in [0, 0.05) is 26.1 Å². The average Bonchev–Trinajstić information content (AvgIpc) is 2.80. The van der Waals surface area contributed by atoms with Crippen molar-refractivity contribution >= 4 is 11.8 Å². The highest BCUT2D eigenvalue weighted by molar-refractivity contribution is 5.85. The molecule has 0 unspecified atom stereocenters. The molecule has 1 heterocycles. The Hall–Kier alpha value is -1.41. The quantitative estimate of drug-likeness (QED) is 0.793. The van der Waals surface area contributed by atoms with E-state index in [0.717, 1.165) is 12.8 Å². The first-order valence-corrected chi connectivity index (χ1v) is 5.67. The summed E-state index contributed by atoms with van der Waals surface area (Å²) in [5.41, 5.74) is 0. The zero-order chi connectivity index (χ0) is 14.7. The van der Waals surface area contributed by atoms with Gasteiger partial charge in [0.1, 0.15) is 0 Å². The number of hydrogen-bond donors (Lipinski definition) is 1. The van der Waals surface area contributed by atoms with Gasteiger partial charge in [0.05, 0.1) is 0 Å². The van der Waals surface area contributed by atoms with Crippen LogP contribution in [0.25, 0.3) is 0 Å². The molecular weight excluding hydrogens is 275 g/mol. The predicted molar refractivity (Wildman–Crippen MR) is 54.4 cm³/mol. The molecule has 19 heavy (non-hydrogen) atoms. The van der Waals surface area contributed by atoms with Crippen LogP contribution in [0.2, 0.25) is 0 Å². The summed E-state index contributed by atoms with van der Waals surface area (Å²) in [5, 5.41) is 1.43. The van der Waals surface area contributed by atoms with Crippen LogP contribution in [-0.4, -0.2) is 48.4 Å². The molecule has 2 amide bonds. The van der Waals surface area contributed by atoms with Crippen LogP contribution in [0.3, 0.4) is 0 Å². The first-order chi connectivity index (χ1) is 8.66. The molecule has 1 saturated heterocycles. The van der Waals surface area contributed by atoms with Crippen molar-refractivity contribution in [1.29, 1.82) is 0 Å². The Morgan fingerprint density at radius 3 is 2.05 bits per heavy atom. The Balaban J connectivity index is 2.36. The minimum absolute atomic E-state index is 0.292. The van der Waals surface area contributed by atoms with Gasteiger partial charge in [-0.2, -0.15) is 22.0 Å². The summed E-state index contributed by atoms with van der Waals surface area (Å²) in [6.07, 6.45) is -4.55. The maximum Gasteiger partial charge on any atom is 0.463 e. The van der Waals surface area contributed by atoms with Gasteiger partial charge in [-0.3, -0.25) is 9.59 Å². The van der Waals surface area contributed by atoms with Gasteiger partial charge in [-0.25, -0.2) is 0 Å². The van der Waals surface area contributed by atoms with Gasteiger partial charge in [-0.05, 0) is 12.8 Å². The third-order valence-electron chi connectivity index (χ3n) is 2.72. The molecule has 1 aliphatic rings. The number of alkyl halides is 5. The second-order valence-corrected chi connectivity index (χ2v) is 4.17. The zero-order valence-electron chi connectivity index (χ0n) is 9.90. The number of carbonyl (C=O) groups excluding carboxylic acids is 2. The molecule has 1 fully saturated rings. The van der Waals surface area contributed by atoms with E-state index in [1.807, 2.05) is 0 Å². The van der Waals surface area contributed by atoms with E-state index in [1.54, 1.807) is 0 Å². The Morgan fingerprint density at radius 1 is 1.05 bits per heavy atom. The number of nitrogens with one attached hydrogen (secondary N) is 1. The highest BCUT2D eigenvalue weighted by Crippen LogP contribution is 2.35. The Bertz CT molecular complexity index is 350. The van der Waals surface area contributed by atoms with Gasteiger partial charge in [0.15, 0.2) is 0 Å². The number of amides is 2. The van der Waals surface area contributed by atoms with E-state index in [4.69, 9.17) is 0 Å². The lowest BCUT2D eigenvalue weighted by Crippen LogP contribution is -2.50. The lowest BCUT2D eigenvalue weighted by molar-refractivity contribution is -0.269. The summed E-state index contributed by atoms with van der Waals surface area (Å²) in [7, 11) is 0. The fourth-order valence-corrected chi connectivity index (χ4v) is 1.65. The van der Waals surface area contributed by atoms with Gasteiger partial charge in [0.2, 0.25) is 5.91 Å². The third-order valence-corrected chi connectivity index (χ3v) is 2.72. The van der Waals surface area contributed by atoms with Gasteiger partial charge in [0.25, 0.3) is 5.91 Å². The molecule has 1 rings (SSSR count). The molecule has 0 aliphatic carbocycles. The molecule has 9 heteroatoms. The molecule has 110 valence electrons.